The smallest absolute Gasteiger partial charge is 0.323 e. The van der Waals surface area contributed by atoms with E-state index in [-0.39, 0.29) is 12.3 Å². The third kappa shape index (κ3) is 3.48. The monoisotopic (exact) mass is 328 g/mol. The summed E-state index contributed by atoms with van der Waals surface area (Å²) >= 11 is 1.50. The number of imidazole rings is 1. The molecular weight excluding hydrogens is 312 g/mol. The Kier molecular flexibility index (Phi) is 4.52. The van der Waals surface area contributed by atoms with E-state index in [1.54, 1.807) is 16.7 Å². The average molecular weight is 328 g/mol. The Morgan fingerprint density at radius 1 is 1.13 bits per heavy atom. The summed E-state index contributed by atoms with van der Waals surface area (Å²) in [5.74, 6) is 0.100. The Balaban J connectivity index is 1.79. The number of aryl methyl sites for hydroxylation is 1. The maximum Gasteiger partial charge on any atom is 0.323 e. The lowest BCUT2D eigenvalue weighted by molar-refractivity contribution is -0.137. The normalized spacial score (nSPS) is 11.0. The molecule has 118 valence electrons. The topological polar surface area (TPSA) is 75.3 Å². The second-order valence-corrected chi connectivity index (χ2v) is 6.15. The van der Waals surface area contributed by atoms with Crippen LogP contribution in [0, 0.1) is 0 Å². The molecule has 0 aliphatic carbocycles. The molecule has 2 N–H and O–H groups in total. The number of hydrogen-bond acceptors (Lipinski definition) is 4. The molecule has 0 bridgehead atoms. The number of carboxylic acid groups (broad SMARTS) is 1. The van der Waals surface area contributed by atoms with Gasteiger partial charge in [-0.15, -0.1) is 0 Å². The predicted octanol–water partition coefficient (Wildman–Crippen LogP) is 3.16. The summed E-state index contributed by atoms with van der Waals surface area (Å²) in [6.45, 7) is -0.112. The fourth-order valence-electron chi connectivity index (χ4n) is 2.43. The first-order valence-corrected chi connectivity index (χ1v) is 8.20. The highest BCUT2D eigenvalue weighted by Gasteiger charge is 2.13. The lowest BCUT2D eigenvalue weighted by Gasteiger charge is -2.07. The first-order valence-electron chi connectivity index (χ1n) is 7.22. The van der Waals surface area contributed by atoms with Gasteiger partial charge >= 0.3 is 5.97 Å². The summed E-state index contributed by atoms with van der Waals surface area (Å²) in [4.78, 5) is 15.6. The molecule has 0 unspecified atom stereocenters. The minimum absolute atomic E-state index is 0.112. The van der Waals surface area contributed by atoms with E-state index in [1.165, 1.54) is 11.8 Å². The molecule has 0 fully saturated rings. The maximum absolute atomic E-state index is 11.1. The van der Waals surface area contributed by atoms with Gasteiger partial charge in [0.15, 0.2) is 5.16 Å². The maximum atomic E-state index is 11.1. The number of phenolic OH excluding ortho intramolecular Hbond substituents is 1. The van der Waals surface area contributed by atoms with Gasteiger partial charge in [-0.3, -0.25) is 4.79 Å². The Bertz CT molecular complexity index is 845. The van der Waals surface area contributed by atoms with Gasteiger partial charge in [0.1, 0.15) is 12.3 Å². The van der Waals surface area contributed by atoms with Crippen molar-refractivity contribution in [2.75, 3.05) is 5.75 Å². The zero-order valence-corrected chi connectivity index (χ0v) is 13.2. The lowest BCUT2D eigenvalue weighted by Crippen LogP contribution is -2.09. The van der Waals surface area contributed by atoms with Gasteiger partial charge in [0.05, 0.1) is 11.0 Å². The number of aromatic nitrogens is 2. The molecule has 1 heterocycles. The van der Waals surface area contributed by atoms with Crippen LogP contribution in [0.15, 0.2) is 53.7 Å². The summed E-state index contributed by atoms with van der Waals surface area (Å²) in [5.41, 5.74) is 2.49. The number of thioether (sulfide) groups is 1. The zero-order valence-electron chi connectivity index (χ0n) is 12.3. The number of benzene rings is 2. The van der Waals surface area contributed by atoms with Gasteiger partial charge in [-0.1, -0.05) is 42.1 Å². The summed E-state index contributed by atoms with van der Waals surface area (Å²) in [6.07, 6.45) is 0.688. The van der Waals surface area contributed by atoms with Gasteiger partial charge in [0.25, 0.3) is 0 Å². The van der Waals surface area contributed by atoms with Crippen LogP contribution >= 0.6 is 11.8 Å². The van der Waals surface area contributed by atoms with Crippen LogP contribution in [0.4, 0.5) is 0 Å². The summed E-state index contributed by atoms with van der Waals surface area (Å²) < 4.78 is 1.72. The average Bonchev–Trinajstić information content (AvgIpc) is 2.87. The number of aliphatic carboxylic acids is 1. The standard InChI is InChI=1S/C17H16N2O3S/c20-15-8-4-1-5-12(15)9-10-23-17-18-13-6-2-3-7-14(13)19(17)11-16(21)22/h1-8,20H,9-11H2,(H,21,22). The molecule has 3 aromatic rings. The van der Waals surface area contributed by atoms with Crippen LogP contribution in [0.25, 0.3) is 11.0 Å². The molecule has 0 aliphatic heterocycles. The second kappa shape index (κ2) is 6.75. The van der Waals surface area contributed by atoms with Crippen molar-refractivity contribution in [1.82, 2.24) is 9.55 Å². The van der Waals surface area contributed by atoms with Gasteiger partial charge < -0.3 is 14.8 Å². The van der Waals surface area contributed by atoms with Crippen molar-refractivity contribution in [3.8, 4) is 5.75 Å². The van der Waals surface area contributed by atoms with Crippen LogP contribution < -0.4 is 0 Å². The van der Waals surface area contributed by atoms with Crippen LogP contribution in [-0.4, -0.2) is 31.5 Å². The molecule has 3 rings (SSSR count). The zero-order chi connectivity index (χ0) is 16.2. The van der Waals surface area contributed by atoms with Crippen molar-refractivity contribution in [3.63, 3.8) is 0 Å². The lowest BCUT2D eigenvalue weighted by atomic mass is 10.1. The molecule has 0 atom stereocenters. The Morgan fingerprint density at radius 2 is 1.87 bits per heavy atom. The minimum atomic E-state index is -0.893. The van der Waals surface area contributed by atoms with E-state index >= 15 is 0 Å². The molecule has 1 aromatic heterocycles. The summed E-state index contributed by atoms with van der Waals surface area (Å²) in [7, 11) is 0. The number of para-hydroxylation sites is 3. The summed E-state index contributed by atoms with van der Waals surface area (Å²) in [6, 6.07) is 14.7. The fraction of sp³-hybridized carbons (Fsp3) is 0.176. The third-order valence-corrected chi connectivity index (χ3v) is 4.49. The number of rotatable bonds is 6. The molecule has 0 saturated carbocycles. The minimum Gasteiger partial charge on any atom is -0.508 e. The van der Waals surface area contributed by atoms with Gasteiger partial charge in [-0.2, -0.15) is 0 Å². The molecule has 2 aromatic carbocycles. The van der Waals surface area contributed by atoms with E-state index < -0.39 is 5.97 Å². The number of carbonyl (C=O) groups is 1. The highest BCUT2D eigenvalue weighted by molar-refractivity contribution is 7.99. The SMILES string of the molecule is O=C(O)Cn1c(SCCc2ccccc2O)nc2ccccc21. The summed E-state index contributed by atoms with van der Waals surface area (Å²) in [5, 5.41) is 19.6. The largest absolute Gasteiger partial charge is 0.508 e. The van der Waals surface area contributed by atoms with E-state index in [0.717, 1.165) is 16.6 Å². The van der Waals surface area contributed by atoms with Crippen LogP contribution in [0.5, 0.6) is 5.75 Å². The highest BCUT2D eigenvalue weighted by Crippen LogP contribution is 2.26. The van der Waals surface area contributed by atoms with E-state index in [4.69, 9.17) is 5.11 Å². The van der Waals surface area contributed by atoms with E-state index in [1.807, 2.05) is 36.4 Å². The molecule has 5 nitrogen and oxygen atoms in total. The van der Waals surface area contributed by atoms with Crippen molar-refractivity contribution in [2.24, 2.45) is 0 Å². The molecule has 6 heteroatoms. The van der Waals surface area contributed by atoms with E-state index in [0.29, 0.717) is 17.3 Å². The molecule has 0 spiro atoms. The van der Waals surface area contributed by atoms with E-state index in [9.17, 15) is 9.90 Å². The quantitative estimate of drug-likeness (QED) is 0.680. The third-order valence-electron chi connectivity index (χ3n) is 3.51. The van der Waals surface area contributed by atoms with Gasteiger partial charge in [-0.05, 0) is 30.2 Å². The first-order chi connectivity index (χ1) is 11.1. The van der Waals surface area contributed by atoms with Crippen molar-refractivity contribution in [3.05, 3.63) is 54.1 Å². The molecule has 0 amide bonds. The second-order valence-electron chi connectivity index (χ2n) is 5.09. The number of nitrogens with zero attached hydrogens (tertiary/aromatic N) is 2. The van der Waals surface area contributed by atoms with Crippen molar-refractivity contribution in [1.29, 1.82) is 0 Å². The fourth-order valence-corrected chi connectivity index (χ4v) is 3.41. The first kappa shape index (κ1) is 15.4. The molecule has 0 radical (unpaired) electrons. The molecule has 23 heavy (non-hydrogen) atoms. The van der Waals surface area contributed by atoms with Gasteiger partial charge in [-0.25, -0.2) is 4.98 Å². The molecule has 0 saturated heterocycles. The Hall–Kier alpha value is -2.47. The van der Waals surface area contributed by atoms with Crippen LogP contribution in [-0.2, 0) is 17.8 Å². The number of aromatic hydroxyl groups is 1. The Labute approximate surface area is 137 Å². The van der Waals surface area contributed by atoms with Crippen LogP contribution in [0.2, 0.25) is 0 Å². The number of carboxylic acids is 1. The number of fused-ring (bicyclic) bond motifs is 1. The van der Waals surface area contributed by atoms with Crippen molar-refractivity contribution in [2.45, 2.75) is 18.1 Å². The number of hydrogen-bond donors (Lipinski definition) is 2. The highest BCUT2D eigenvalue weighted by atomic mass is 32.2. The molecular formula is C17H16N2O3S. The van der Waals surface area contributed by atoms with Gasteiger partial charge in [0.2, 0.25) is 0 Å². The molecule has 0 aliphatic rings. The predicted molar refractivity (Wildman–Crippen MR) is 89.9 cm³/mol. The van der Waals surface area contributed by atoms with E-state index in [2.05, 4.69) is 4.98 Å². The number of phenols is 1. The van der Waals surface area contributed by atoms with Crippen LogP contribution in [0.3, 0.4) is 0 Å². The van der Waals surface area contributed by atoms with Crippen molar-refractivity contribution < 1.29 is 15.0 Å². The van der Waals surface area contributed by atoms with Gasteiger partial charge in [0, 0.05) is 5.75 Å². The Morgan fingerprint density at radius 3 is 2.65 bits per heavy atom. The van der Waals surface area contributed by atoms with Crippen molar-refractivity contribution >= 4 is 28.8 Å². The van der Waals surface area contributed by atoms with Crippen LogP contribution in [0.1, 0.15) is 5.56 Å².